The Kier molecular flexibility index (Phi) is 4.13. The summed E-state index contributed by atoms with van der Waals surface area (Å²) in [6.45, 7) is 0. The highest BCUT2D eigenvalue weighted by atomic mass is 19.1. The van der Waals surface area contributed by atoms with E-state index >= 15 is 0 Å². The van der Waals surface area contributed by atoms with Crippen LogP contribution in [0.15, 0.2) is 54.2 Å². The van der Waals surface area contributed by atoms with Gasteiger partial charge < -0.3 is 9.72 Å². The van der Waals surface area contributed by atoms with E-state index < -0.39 is 11.6 Å². The summed E-state index contributed by atoms with van der Waals surface area (Å²) in [7, 11) is 1.54. The molecular weight excluding hydrogens is 307 g/mol. The van der Waals surface area contributed by atoms with Crippen LogP contribution in [0.1, 0.15) is 15.9 Å². The second-order valence-electron chi connectivity index (χ2n) is 5.13. The van der Waals surface area contributed by atoms with Crippen molar-refractivity contribution in [1.29, 1.82) is 5.26 Å². The van der Waals surface area contributed by atoms with Crippen LogP contribution in [0.5, 0.6) is 5.75 Å². The molecule has 0 saturated carbocycles. The summed E-state index contributed by atoms with van der Waals surface area (Å²) >= 11 is 0. The van der Waals surface area contributed by atoms with Crippen molar-refractivity contribution < 1.29 is 13.9 Å². The number of ketones is 1. The second kappa shape index (κ2) is 6.39. The number of carbonyl (C=O) groups excluding carboxylic acids is 1. The van der Waals surface area contributed by atoms with Crippen molar-refractivity contribution in [3.8, 4) is 11.8 Å². The average Bonchev–Trinajstić information content (AvgIpc) is 3.03. The molecule has 0 atom stereocenters. The third kappa shape index (κ3) is 2.77. The number of H-pyrrole nitrogens is 1. The lowest BCUT2D eigenvalue weighted by molar-refractivity contribution is 0.104. The molecule has 3 aromatic rings. The standard InChI is InChI=1S/C19H13FN2O2/c1-24-14-6-7-18-15(9-14)16(11-22-18)19(23)13(10-21)8-12-4-2-3-5-17(12)20/h2-9,11,22H,1H3/b13-8+. The molecule has 0 spiro atoms. The number of aromatic nitrogens is 1. The number of rotatable bonds is 4. The summed E-state index contributed by atoms with van der Waals surface area (Å²) in [6.07, 6.45) is 2.80. The van der Waals surface area contributed by atoms with Gasteiger partial charge in [-0.05, 0) is 30.3 Å². The molecule has 0 fully saturated rings. The van der Waals surface area contributed by atoms with Crippen LogP contribution in [-0.4, -0.2) is 17.9 Å². The zero-order chi connectivity index (χ0) is 17.1. The van der Waals surface area contributed by atoms with Gasteiger partial charge in [0.2, 0.25) is 5.78 Å². The molecule has 0 unspecified atom stereocenters. The predicted octanol–water partition coefficient (Wildman–Crippen LogP) is 4.11. The van der Waals surface area contributed by atoms with E-state index in [9.17, 15) is 14.4 Å². The van der Waals surface area contributed by atoms with Gasteiger partial charge in [0.05, 0.1) is 7.11 Å². The third-order valence-corrected chi connectivity index (χ3v) is 3.70. The van der Waals surface area contributed by atoms with E-state index in [1.165, 1.54) is 25.3 Å². The van der Waals surface area contributed by atoms with Gasteiger partial charge in [0, 0.05) is 28.2 Å². The Morgan fingerprint density at radius 3 is 2.79 bits per heavy atom. The number of fused-ring (bicyclic) bond motifs is 1. The molecule has 3 rings (SSSR count). The lowest BCUT2D eigenvalue weighted by Crippen LogP contribution is -2.01. The maximum absolute atomic E-state index is 13.8. The fourth-order valence-corrected chi connectivity index (χ4v) is 2.46. The van der Waals surface area contributed by atoms with Gasteiger partial charge in [-0.2, -0.15) is 5.26 Å². The van der Waals surface area contributed by atoms with Crippen molar-refractivity contribution in [2.45, 2.75) is 0 Å². The molecule has 2 aromatic carbocycles. The van der Waals surface area contributed by atoms with Crippen LogP contribution in [0, 0.1) is 17.1 Å². The minimum atomic E-state index is -0.487. The number of nitriles is 1. The molecule has 0 radical (unpaired) electrons. The van der Waals surface area contributed by atoms with Crippen LogP contribution in [-0.2, 0) is 0 Å². The van der Waals surface area contributed by atoms with Crippen LogP contribution in [0.2, 0.25) is 0 Å². The normalized spacial score (nSPS) is 11.3. The van der Waals surface area contributed by atoms with E-state index in [0.29, 0.717) is 16.7 Å². The second-order valence-corrected chi connectivity index (χ2v) is 5.13. The summed E-state index contributed by atoms with van der Waals surface area (Å²) in [4.78, 5) is 15.7. The van der Waals surface area contributed by atoms with Crippen molar-refractivity contribution in [3.05, 3.63) is 71.2 Å². The van der Waals surface area contributed by atoms with Crippen LogP contribution in [0.25, 0.3) is 17.0 Å². The minimum absolute atomic E-state index is 0.135. The maximum Gasteiger partial charge on any atom is 0.205 e. The molecule has 1 N–H and O–H groups in total. The molecular formula is C19H13FN2O2. The lowest BCUT2D eigenvalue weighted by Gasteiger charge is -2.02. The fraction of sp³-hybridized carbons (Fsp3) is 0.0526. The van der Waals surface area contributed by atoms with Gasteiger partial charge in [-0.1, -0.05) is 18.2 Å². The number of Topliss-reactive ketones (excluding diaryl/α,β-unsaturated/α-hetero) is 1. The molecule has 1 aromatic heterocycles. The Hall–Kier alpha value is -3.39. The minimum Gasteiger partial charge on any atom is -0.497 e. The van der Waals surface area contributed by atoms with E-state index in [1.807, 2.05) is 6.07 Å². The van der Waals surface area contributed by atoms with E-state index in [-0.39, 0.29) is 11.1 Å². The Balaban J connectivity index is 2.07. The van der Waals surface area contributed by atoms with Gasteiger partial charge in [-0.15, -0.1) is 0 Å². The van der Waals surface area contributed by atoms with Gasteiger partial charge in [0.15, 0.2) is 0 Å². The highest BCUT2D eigenvalue weighted by Crippen LogP contribution is 2.26. The van der Waals surface area contributed by atoms with Gasteiger partial charge in [0.1, 0.15) is 23.2 Å². The molecule has 0 aliphatic carbocycles. The Labute approximate surface area is 137 Å². The van der Waals surface area contributed by atoms with Crippen LogP contribution >= 0.6 is 0 Å². The highest BCUT2D eigenvalue weighted by molar-refractivity contribution is 6.20. The Morgan fingerprint density at radius 2 is 2.08 bits per heavy atom. The summed E-state index contributed by atoms with van der Waals surface area (Å²) in [6, 6.07) is 13.1. The van der Waals surface area contributed by atoms with Gasteiger partial charge in [-0.3, -0.25) is 4.79 Å². The summed E-state index contributed by atoms with van der Waals surface area (Å²) in [5.74, 6) is -0.355. The molecule has 0 amide bonds. The van der Waals surface area contributed by atoms with Gasteiger partial charge >= 0.3 is 0 Å². The third-order valence-electron chi connectivity index (χ3n) is 3.70. The first-order chi connectivity index (χ1) is 11.6. The predicted molar refractivity (Wildman–Crippen MR) is 89.2 cm³/mol. The van der Waals surface area contributed by atoms with Gasteiger partial charge in [0.25, 0.3) is 0 Å². The number of ether oxygens (including phenoxy) is 1. The number of methoxy groups -OCH3 is 1. The number of hydrogen-bond donors (Lipinski definition) is 1. The van der Waals surface area contributed by atoms with Crippen LogP contribution < -0.4 is 4.74 Å². The average molecular weight is 320 g/mol. The highest BCUT2D eigenvalue weighted by Gasteiger charge is 2.17. The van der Waals surface area contributed by atoms with E-state index in [2.05, 4.69) is 4.98 Å². The molecule has 1 heterocycles. The summed E-state index contributed by atoms with van der Waals surface area (Å²) < 4.78 is 18.9. The lowest BCUT2D eigenvalue weighted by atomic mass is 10.0. The number of carbonyl (C=O) groups is 1. The van der Waals surface area contributed by atoms with E-state index in [0.717, 1.165) is 5.52 Å². The molecule has 0 aliphatic rings. The number of nitrogens with one attached hydrogen (secondary N) is 1. The quantitative estimate of drug-likeness (QED) is 0.447. The zero-order valence-corrected chi connectivity index (χ0v) is 12.8. The van der Waals surface area contributed by atoms with Crippen molar-refractivity contribution in [2.24, 2.45) is 0 Å². The number of halogens is 1. The topological polar surface area (TPSA) is 65.9 Å². The van der Waals surface area contributed by atoms with Crippen molar-refractivity contribution >= 4 is 22.8 Å². The molecule has 24 heavy (non-hydrogen) atoms. The number of aromatic amines is 1. The molecule has 4 nitrogen and oxygen atoms in total. The molecule has 0 aliphatic heterocycles. The number of benzene rings is 2. The maximum atomic E-state index is 13.8. The monoisotopic (exact) mass is 320 g/mol. The first-order valence-corrected chi connectivity index (χ1v) is 7.20. The SMILES string of the molecule is COc1ccc2[nH]cc(C(=O)/C(C#N)=C/c3ccccc3F)c2c1. The van der Waals surface area contributed by atoms with Crippen molar-refractivity contribution in [2.75, 3.05) is 7.11 Å². The largest absolute Gasteiger partial charge is 0.497 e. The molecule has 0 saturated heterocycles. The fourth-order valence-electron chi connectivity index (χ4n) is 2.46. The summed E-state index contributed by atoms with van der Waals surface area (Å²) in [5, 5.41) is 9.97. The Morgan fingerprint density at radius 1 is 1.29 bits per heavy atom. The smallest absolute Gasteiger partial charge is 0.205 e. The van der Waals surface area contributed by atoms with Crippen molar-refractivity contribution in [3.63, 3.8) is 0 Å². The Bertz CT molecular complexity index is 996. The van der Waals surface area contributed by atoms with Crippen molar-refractivity contribution in [1.82, 2.24) is 4.98 Å². The molecule has 118 valence electrons. The number of allylic oxidation sites excluding steroid dienone is 1. The van der Waals surface area contributed by atoms with E-state index in [4.69, 9.17) is 4.74 Å². The number of hydrogen-bond acceptors (Lipinski definition) is 3. The first-order valence-electron chi connectivity index (χ1n) is 7.20. The van der Waals surface area contributed by atoms with E-state index in [1.54, 1.807) is 36.5 Å². The van der Waals surface area contributed by atoms with Crippen LogP contribution in [0.4, 0.5) is 4.39 Å². The van der Waals surface area contributed by atoms with Gasteiger partial charge in [-0.25, -0.2) is 4.39 Å². The number of nitrogens with zero attached hydrogens (tertiary/aromatic N) is 1. The van der Waals surface area contributed by atoms with Crippen LogP contribution in [0.3, 0.4) is 0 Å². The molecule has 0 bridgehead atoms. The molecule has 5 heteroatoms. The first kappa shape index (κ1) is 15.5. The zero-order valence-electron chi connectivity index (χ0n) is 12.8. The summed E-state index contributed by atoms with van der Waals surface area (Å²) in [5.41, 5.74) is 1.15.